The van der Waals surface area contributed by atoms with Gasteiger partial charge in [0.25, 0.3) is 5.91 Å². The summed E-state index contributed by atoms with van der Waals surface area (Å²) in [4.78, 5) is 40.8. The van der Waals surface area contributed by atoms with E-state index in [4.69, 9.17) is 16.3 Å². The molecule has 4 aromatic rings. The fourth-order valence-corrected chi connectivity index (χ4v) is 6.26. The van der Waals surface area contributed by atoms with Crippen molar-refractivity contribution in [2.45, 2.75) is 19.8 Å². The number of thiophene rings is 1. The molecule has 0 saturated carbocycles. The maximum absolute atomic E-state index is 13.4. The van der Waals surface area contributed by atoms with Crippen LogP contribution >= 0.6 is 22.9 Å². The summed E-state index contributed by atoms with van der Waals surface area (Å²) < 4.78 is 9.31. The lowest BCUT2D eigenvalue weighted by Crippen LogP contribution is -2.37. The molecule has 10 heteroatoms. The van der Waals surface area contributed by atoms with E-state index in [1.165, 1.54) is 11.3 Å². The zero-order valence-electron chi connectivity index (χ0n) is 20.3. The van der Waals surface area contributed by atoms with Gasteiger partial charge in [0.05, 0.1) is 40.0 Å². The van der Waals surface area contributed by atoms with E-state index >= 15 is 0 Å². The van der Waals surface area contributed by atoms with Gasteiger partial charge in [0, 0.05) is 37.3 Å². The number of piperidine rings is 1. The second-order valence-electron chi connectivity index (χ2n) is 8.97. The topological polar surface area (TPSA) is 85.6 Å². The molecule has 2 aromatic carbocycles. The van der Waals surface area contributed by atoms with Crippen molar-refractivity contribution in [3.8, 4) is 0 Å². The van der Waals surface area contributed by atoms with Crippen LogP contribution in [0, 0.1) is 5.92 Å². The molecule has 0 atom stereocenters. The molecule has 1 N–H and O–H groups in total. The minimum atomic E-state index is -0.302. The SMILES string of the molecule is CCOC(=O)C1CCN(c2cc3c(cc2NC(=O)c2sc4ccccc4c2Cl)n(C)c(=O)n3C)CC1. The van der Waals surface area contributed by atoms with Crippen molar-refractivity contribution in [2.75, 3.05) is 29.9 Å². The molecule has 0 radical (unpaired) electrons. The fraction of sp³-hybridized carbons (Fsp3) is 0.346. The number of aryl methyl sites for hydroxylation is 2. The highest BCUT2D eigenvalue weighted by Crippen LogP contribution is 2.38. The van der Waals surface area contributed by atoms with Crippen molar-refractivity contribution in [2.24, 2.45) is 20.0 Å². The molecule has 1 amide bonds. The lowest BCUT2D eigenvalue weighted by molar-refractivity contribution is -0.148. The van der Waals surface area contributed by atoms with Gasteiger partial charge < -0.3 is 15.0 Å². The summed E-state index contributed by atoms with van der Waals surface area (Å²) in [6.45, 7) is 3.43. The first-order valence-corrected chi connectivity index (χ1v) is 13.1. The highest BCUT2D eigenvalue weighted by atomic mass is 35.5. The molecule has 0 aliphatic carbocycles. The second-order valence-corrected chi connectivity index (χ2v) is 10.4. The van der Waals surface area contributed by atoms with Crippen LogP contribution in [0.1, 0.15) is 29.4 Å². The summed E-state index contributed by atoms with van der Waals surface area (Å²) >= 11 is 7.91. The summed E-state index contributed by atoms with van der Waals surface area (Å²) in [5, 5.41) is 4.33. The van der Waals surface area contributed by atoms with E-state index < -0.39 is 0 Å². The molecule has 36 heavy (non-hydrogen) atoms. The smallest absolute Gasteiger partial charge is 0.328 e. The molecule has 1 aliphatic rings. The van der Waals surface area contributed by atoms with Crippen LogP contribution in [0.4, 0.5) is 11.4 Å². The molecular formula is C26H27ClN4O4S. The Kier molecular flexibility index (Phi) is 6.53. The summed E-state index contributed by atoms with van der Waals surface area (Å²) in [5.74, 6) is -0.600. The van der Waals surface area contributed by atoms with Gasteiger partial charge in [-0.15, -0.1) is 11.3 Å². The van der Waals surface area contributed by atoms with Crippen LogP contribution in [-0.4, -0.2) is 40.7 Å². The van der Waals surface area contributed by atoms with Crippen LogP contribution in [0.25, 0.3) is 21.1 Å². The quantitative estimate of drug-likeness (QED) is 0.378. The van der Waals surface area contributed by atoms with Crippen LogP contribution in [0.3, 0.4) is 0 Å². The maximum atomic E-state index is 13.4. The van der Waals surface area contributed by atoms with Gasteiger partial charge in [0.1, 0.15) is 4.88 Å². The first-order valence-electron chi connectivity index (χ1n) is 11.9. The van der Waals surface area contributed by atoms with Crippen molar-refractivity contribution < 1.29 is 14.3 Å². The molecule has 5 rings (SSSR count). The summed E-state index contributed by atoms with van der Waals surface area (Å²) in [5.41, 5.74) is 2.73. The number of carbonyl (C=O) groups is 2. The second kappa shape index (κ2) is 9.63. The van der Waals surface area contributed by atoms with E-state index in [9.17, 15) is 14.4 Å². The number of ether oxygens (including phenoxy) is 1. The molecule has 1 fully saturated rings. The summed E-state index contributed by atoms with van der Waals surface area (Å²) in [7, 11) is 3.44. The number of benzene rings is 2. The molecule has 8 nitrogen and oxygen atoms in total. The number of hydrogen-bond donors (Lipinski definition) is 1. The van der Waals surface area contributed by atoms with Gasteiger partial charge in [-0.2, -0.15) is 0 Å². The Morgan fingerprint density at radius 1 is 1.11 bits per heavy atom. The summed E-state index contributed by atoms with van der Waals surface area (Å²) in [6, 6.07) is 11.4. The van der Waals surface area contributed by atoms with Crippen molar-refractivity contribution in [3.05, 3.63) is 56.8 Å². The highest BCUT2D eigenvalue weighted by Gasteiger charge is 2.28. The zero-order valence-corrected chi connectivity index (χ0v) is 21.9. The Balaban J connectivity index is 1.52. The van der Waals surface area contributed by atoms with Gasteiger partial charge in [0.15, 0.2) is 0 Å². The molecule has 1 aliphatic heterocycles. The van der Waals surface area contributed by atoms with Gasteiger partial charge >= 0.3 is 11.7 Å². The number of carbonyl (C=O) groups excluding carboxylic acids is 2. The Labute approximate surface area is 217 Å². The van der Waals surface area contributed by atoms with Crippen molar-refractivity contribution in [1.82, 2.24) is 9.13 Å². The fourth-order valence-electron chi connectivity index (χ4n) is 4.85. The van der Waals surface area contributed by atoms with Crippen LogP contribution < -0.4 is 15.9 Å². The number of amides is 1. The van der Waals surface area contributed by atoms with Crippen LogP contribution in [0.2, 0.25) is 5.02 Å². The molecule has 0 unspecified atom stereocenters. The van der Waals surface area contributed by atoms with Crippen molar-refractivity contribution in [1.29, 1.82) is 0 Å². The molecule has 0 spiro atoms. The zero-order chi connectivity index (χ0) is 25.6. The Morgan fingerprint density at radius 3 is 2.44 bits per heavy atom. The third-order valence-electron chi connectivity index (χ3n) is 6.83. The van der Waals surface area contributed by atoms with Crippen molar-refractivity contribution >= 4 is 67.3 Å². The molecule has 3 heterocycles. The standard InChI is InChI=1S/C26H27ClN4O4S/c1-4-35-25(33)15-9-11-31(12-10-15)18-14-20-19(29(2)26(34)30(20)3)13-17(18)28-24(32)23-22(27)16-7-5-6-8-21(16)36-23/h5-8,13-15H,4,9-12H2,1-3H3,(H,28,32). The first kappa shape index (κ1) is 24.4. The largest absolute Gasteiger partial charge is 0.466 e. The number of imidazole rings is 1. The molecular weight excluding hydrogens is 500 g/mol. The normalized spacial score (nSPS) is 14.5. The van der Waals surface area contributed by atoms with E-state index in [0.29, 0.717) is 53.6 Å². The number of hydrogen-bond acceptors (Lipinski definition) is 6. The Hall–Kier alpha value is -3.30. The third-order valence-corrected chi connectivity index (χ3v) is 8.51. The Bertz CT molecular complexity index is 1550. The van der Waals surface area contributed by atoms with E-state index in [-0.39, 0.29) is 23.5 Å². The van der Waals surface area contributed by atoms with Crippen LogP contribution in [0.15, 0.2) is 41.2 Å². The van der Waals surface area contributed by atoms with Gasteiger partial charge in [-0.1, -0.05) is 29.8 Å². The number of halogens is 1. The minimum absolute atomic E-state index is 0.138. The first-order chi connectivity index (χ1) is 17.3. The lowest BCUT2D eigenvalue weighted by Gasteiger charge is -2.34. The number of rotatable bonds is 5. The molecule has 2 aromatic heterocycles. The molecule has 1 saturated heterocycles. The van der Waals surface area contributed by atoms with Crippen molar-refractivity contribution in [3.63, 3.8) is 0 Å². The monoisotopic (exact) mass is 526 g/mol. The Morgan fingerprint density at radius 2 is 1.78 bits per heavy atom. The number of anilines is 2. The predicted molar refractivity (Wildman–Crippen MR) is 145 cm³/mol. The van der Waals surface area contributed by atoms with Gasteiger partial charge in [0.2, 0.25) is 0 Å². The van der Waals surface area contributed by atoms with Gasteiger partial charge in [-0.3, -0.25) is 18.7 Å². The third kappa shape index (κ3) is 4.16. The van der Waals surface area contributed by atoms with Gasteiger partial charge in [-0.05, 0) is 38.0 Å². The maximum Gasteiger partial charge on any atom is 0.328 e. The number of aromatic nitrogens is 2. The summed E-state index contributed by atoms with van der Waals surface area (Å²) in [6.07, 6.45) is 1.31. The van der Waals surface area contributed by atoms with E-state index in [1.807, 2.05) is 43.3 Å². The van der Waals surface area contributed by atoms with Crippen LogP contribution in [-0.2, 0) is 23.6 Å². The average Bonchev–Trinajstić information content (AvgIpc) is 3.33. The van der Waals surface area contributed by atoms with Crippen LogP contribution in [0.5, 0.6) is 0 Å². The lowest BCUT2D eigenvalue weighted by atomic mass is 9.96. The van der Waals surface area contributed by atoms with E-state index in [1.54, 1.807) is 23.2 Å². The van der Waals surface area contributed by atoms with E-state index in [2.05, 4.69) is 10.2 Å². The minimum Gasteiger partial charge on any atom is -0.466 e. The highest BCUT2D eigenvalue weighted by molar-refractivity contribution is 7.21. The molecule has 188 valence electrons. The van der Waals surface area contributed by atoms with E-state index in [0.717, 1.165) is 21.3 Å². The number of fused-ring (bicyclic) bond motifs is 2. The number of esters is 1. The predicted octanol–water partition coefficient (Wildman–Crippen LogP) is 4.78. The number of nitrogens with zero attached hydrogens (tertiary/aromatic N) is 3. The number of nitrogens with one attached hydrogen (secondary N) is 1. The average molecular weight is 527 g/mol. The van der Waals surface area contributed by atoms with Gasteiger partial charge in [-0.25, -0.2) is 4.79 Å². The molecule has 0 bridgehead atoms.